The zero-order valence-corrected chi connectivity index (χ0v) is 12.7. The molecular formula is C15H20N4O2. The predicted molar refractivity (Wildman–Crippen MR) is 81.5 cm³/mol. The minimum atomic E-state index is -0.457. The van der Waals surface area contributed by atoms with Crippen molar-refractivity contribution >= 4 is 11.6 Å². The maximum atomic E-state index is 11.3. The van der Waals surface area contributed by atoms with Crippen LogP contribution in [-0.4, -0.2) is 15.7 Å². The van der Waals surface area contributed by atoms with E-state index in [1.165, 1.54) is 0 Å². The van der Waals surface area contributed by atoms with Crippen molar-refractivity contribution in [3.05, 3.63) is 34.5 Å². The van der Waals surface area contributed by atoms with E-state index in [1.54, 1.807) is 23.9 Å². The van der Waals surface area contributed by atoms with Gasteiger partial charge in [0, 0.05) is 12.6 Å². The molecule has 6 nitrogen and oxygen atoms in total. The molecule has 0 aliphatic heterocycles. The van der Waals surface area contributed by atoms with E-state index in [1.807, 2.05) is 20.8 Å². The number of primary amides is 1. The fourth-order valence-electron chi connectivity index (χ4n) is 2.31. The summed E-state index contributed by atoms with van der Waals surface area (Å²) in [6, 6.07) is 3.41. The molecule has 0 spiro atoms. The van der Waals surface area contributed by atoms with Gasteiger partial charge in [-0.2, -0.15) is 5.10 Å². The monoisotopic (exact) mass is 288 g/mol. The number of anilines is 1. The summed E-state index contributed by atoms with van der Waals surface area (Å²) in [7, 11) is 1.79. The van der Waals surface area contributed by atoms with Crippen molar-refractivity contribution in [1.29, 1.82) is 0 Å². The van der Waals surface area contributed by atoms with E-state index < -0.39 is 5.91 Å². The Hall–Kier alpha value is -2.50. The number of carbonyl (C=O) groups excluding carboxylic acids is 1. The second-order valence-electron chi connectivity index (χ2n) is 5.05. The number of nitrogen functional groups attached to an aromatic ring is 1. The Kier molecular flexibility index (Phi) is 3.88. The number of hydrogen-bond donors (Lipinski definition) is 2. The number of hydrogen-bond acceptors (Lipinski definition) is 4. The molecule has 0 saturated heterocycles. The van der Waals surface area contributed by atoms with E-state index >= 15 is 0 Å². The lowest BCUT2D eigenvalue weighted by atomic mass is 10.1. The summed E-state index contributed by atoms with van der Waals surface area (Å²) in [6.45, 7) is 5.71. The quantitative estimate of drug-likeness (QED) is 0.900. The van der Waals surface area contributed by atoms with Crippen molar-refractivity contribution in [3.8, 4) is 11.6 Å². The standard InChI is InChI=1S/C15H20N4O2/c1-5-11-12(16)15(19(4)18-11)21-13-8(2)6-10(14(17)20)7-9(13)3/h6-7H,5,16H2,1-4H3,(H2,17,20). The van der Waals surface area contributed by atoms with Crippen LogP contribution in [0.25, 0.3) is 0 Å². The maximum Gasteiger partial charge on any atom is 0.248 e. The highest BCUT2D eigenvalue weighted by Crippen LogP contribution is 2.34. The normalized spacial score (nSPS) is 10.7. The summed E-state index contributed by atoms with van der Waals surface area (Å²) in [5.41, 5.74) is 14.8. The Labute approximate surface area is 123 Å². The molecule has 2 aromatic rings. The number of carbonyl (C=O) groups is 1. The molecule has 0 saturated carbocycles. The highest BCUT2D eigenvalue weighted by atomic mass is 16.5. The first-order valence-corrected chi connectivity index (χ1v) is 6.75. The second kappa shape index (κ2) is 5.47. The molecule has 0 unspecified atom stereocenters. The van der Waals surface area contributed by atoms with Crippen LogP contribution in [0.4, 0.5) is 5.69 Å². The third-order valence-electron chi connectivity index (χ3n) is 3.38. The van der Waals surface area contributed by atoms with Crippen molar-refractivity contribution in [2.24, 2.45) is 12.8 Å². The Bertz CT molecular complexity index is 681. The van der Waals surface area contributed by atoms with E-state index in [2.05, 4.69) is 5.10 Å². The molecule has 0 bridgehead atoms. The SMILES string of the molecule is CCc1nn(C)c(Oc2c(C)cc(C(N)=O)cc2C)c1N. The van der Waals surface area contributed by atoms with Crippen molar-refractivity contribution in [2.45, 2.75) is 27.2 Å². The fraction of sp³-hybridized carbons (Fsp3) is 0.333. The van der Waals surface area contributed by atoms with E-state index in [4.69, 9.17) is 16.2 Å². The number of rotatable bonds is 4. The molecule has 0 radical (unpaired) electrons. The van der Waals surface area contributed by atoms with Crippen LogP contribution in [0.2, 0.25) is 0 Å². The number of aromatic nitrogens is 2. The van der Waals surface area contributed by atoms with Gasteiger partial charge in [0.25, 0.3) is 0 Å². The van der Waals surface area contributed by atoms with Crippen molar-refractivity contribution < 1.29 is 9.53 Å². The molecule has 1 aromatic heterocycles. The fourth-order valence-corrected chi connectivity index (χ4v) is 2.31. The summed E-state index contributed by atoms with van der Waals surface area (Å²) < 4.78 is 7.56. The van der Waals surface area contributed by atoms with Gasteiger partial charge in [-0.05, 0) is 43.5 Å². The lowest BCUT2D eigenvalue weighted by Crippen LogP contribution is -2.11. The Morgan fingerprint density at radius 2 is 1.90 bits per heavy atom. The van der Waals surface area contributed by atoms with E-state index in [9.17, 15) is 4.79 Å². The van der Waals surface area contributed by atoms with Crippen LogP contribution in [0.15, 0.2) is 12.1 Å². The number of nitrogens with zero attached hydrogens (tertiary/aromatic N) is 2. The number of aryl methyl sites for hydroxylation is 4. The largest absolute Gasteiger partial charge is 0.437 e. The number of benzene rings is 1. The number of amides is 1. The zero-order valence-electron chi connectivity index (χ0n) is 12.7. The lowest BCUT2D eigenvalue weighted by molar-refractivity contribution is 0.1000. The molecule has 1 aromatic carbocycles. The summed E-state index contributed by atoms with van der Waals surface area (Å²) in [5, 5.41) is 4.32. The molecule has 0 fully saturated rings. The van der Waals surface area contributed by atoms with Gasteiger partial charge in [-0.15, -0.1) is 0 Å². The third-order valence-corrected chi connectivity index (χ3v) is 3.38. The van der Waals surface area contributed by atoms with Crippen LogP contribution in [0.1, 0.15) is 34.1 Å². The van der Waals surface area contributed by atoms with Gasteiger partial charge in [0.15, 0.2) is 0 Å². The highest BCUT2D eigenvalue weighted by Gasteiger charge is 2.17. The predicted octanol–water partition coefficient (Wildman–Crippen LogP) is 2.07. The van der Waals surface area contributed by atoms with Gasteiger partial charge < -0.3 is 16.2 Å². The van der Waals surface area contributed by atoms with Gasteiger partial charge in [0.2, 0.25) is 11.8 Å². The molecule has 4 N–H and O–H groups in total. The molecule has 2 rings (SSSR count). The van der Waals surface area contributed by atoms with Gasteiger partial charge in [0.05, 0.1) is 5.69 Å². The van der Waals surface area contributed by atoms with E-state index in [0.717, 1.165) is 23.2 Å². The molecule has 0 aliphatic rings. The van der Waals surface area contributed by atoms with Crippen molar-refractivity contribution in [2.75, 3.05) is 5.73 Å². The van der Waals surface area contributed by atoms with E-state index in [-0.39, 0.29) is 0 Å². The van der Waals surface area contributed by atoms with Crippen LogP contribution in [0.3, 0.4) is 0 Å². The molecule has 0 atom stereocenters. The summed E-state index contributed by atoms with van der Waals surface area (Å²) in [6.07, 6.45) is 0.738. The van der Waals surface area contributed by atoms with Crippen LogP contribution in [0.5, 0.6) is 11.6 Å². The number of ether oxygens (including phenoxy) is 1. The summed E-state index contributed by atoms with van der Waals surface area (Å²) in [5.74, 6) is 0.711. The van der Waals surface area contributed by atoms with Crippen molar-refractivity contribution in [1.82, 2.24) is 9.78 Å². The molecule has 112 valence electrons. The molecule has 1 amide bonds. The van der Waals surface area contributed by atoms with Gasteiger partial charge in [-0.1, -0.05) is 6.92 Å². The average Bonchev–Trinajstić information content (AvgIpc) is 2.68. The minimum absolute atomic E-state index is 0.457. The lowest BCUT2D eigenvalue weighted by Gasteiger charge is -2.13. The first-order valence-electron chi connectivity index (χ1n) is 6.75. The summed E-state index contributed by atoms with van der Waals surface area (Å²) >= 11 is 0. The third kappa shape index (κ3) is 2.69. The Balaban J connectivity index is 2.45. The minimum Gasteiger partial charge on any atom is -0.437 e. The van der Waals surface area contributed by atoms with Crippen LogP contribution in [-0.2, 0) is 13.5 Å². The average molecular weight is 288 g/mol. The van der Waals surface area contributed by atoms with Crippen LogP contribution >= 0.6 is 0 Å². The topological polar surface area (TPSA) is 96.2 Å². The first-order chi connectivity index (χ1) is 9.85. The van der Waals surface area contributed by atoms with Crippen LogP contribution in [0, 0.1) is 13.8 Å². The second-order valence-corrected chi connectivity index (χ2v) is 5.05. The smallest absolute Gasteiger partial charge is 0.248 e. The van der Waals surface area contributed by atoms with Crippen molar-refractivity contribution in [3.63, 3.8) is 0 Å². The molecule has 6 heteroatoms. The van der Waals surface area contributed by atoms with Gasteiger partial charge in [0.1, 0.15) is 11.4 Å². The van der Waals surface area contributed by atoms with Gasteiger partial charge in [-0.3, -0.25) is 4.79 Å². The molecular weight excluding hydrogens is 268 g/mol. The Morgan fingerprint density at radius 1 is 1.33 bits per heavy atom. The van der Waals surface area contributed by atoms with E-state index in [0.29, 0.717) is 22.9 Å². The molecule has 0 aliphatic carbocycles. The number of nitrogens with two attached hydrogens (primary N) is 2. The Morgan fingerprint density at radius 3 is 2.33 bits per heavy atom. The van der Waals surface area contributed by atoms with Gasteiger partial charge >= 0.3 is 0 Å². The maximum absolute atomic E-state index is 11.3. The zero-order chi connectivity index (χ0) is 15.7. The summed E-state index contributed by atoms with van der Waals surface area (Å²) in [4.78, 5) is 11.3. The highest BCUT2D eigenvalue weighted by molar-refractivity contribution is 5.93. The van der Waals surface area contributed by atoms with Crippen LogP contribution < -0.4 is 16.2 Å². The molecule has 21 heavy (non-hydrogen) atoms. The first kappa shape index (κ1) is 14.9. The molecule has 1 heterocycles. The van der Waals surface area contributed by atoms with Gasteiger partial charge in [-0.25, -0.2) is 4.68 Å².